The highest BCUT2D eigenvalue weighted by Gasteiger charge is 2.31. The van der Waals surface area contributed by atoms with Gasteiger partial charge in [-0.05, 0) is 49.4 Å². The molecule has 1 heterocycles. The molecule has 1 unspecified atom stereocenters. The number of methoxy groups -OCH3 is 1. The third-order valence-electron chi connectivity index (χ3n) is 6.26. The molecule has 0 fully saturated rings. The normalized spacial score (nSPS) is 12.3. The van der Waals surface area contributed by atoms with Gasteiger partial charge in [0.2, 0.25) is 0 Å². The van der Waals surface area contributed by atoms with Crippen molar-refractivity contribution in [2.75, 3.05) is 24.4 Å². The van der Waals surface area contributed by atoms with Crippen LogP contribution in [0.1, 0.15) is 6.92 Å². The highest BCUT2D eigenvalue weighted by atomic mass is 31.2. The van der Waals surface area contributed by atoms with Crippen LogP contribution in [0.5, 0.6) is 17.2 Å². The molecule has 0 radical (unpaired) electrons. The Hall–Kier alpha value is -4.85. The van der Waals surface area contributed by atoms with Gasteiger partial charge in [0, 0.05) is 40.1 Å². The minimum Gasteiger partial charge on any atom is -0.496 e. The Morgan fingerprint density at radius 3 is 2.39 bits per heavy atom. The largest absolute Gasteiger partial charge is 0.496 e. The Kier molecular flexibility index (Phi) is 8.19. The Morgan fingerprint density at radius 1 is 0.902 bits per heavy atom. The molecule has 5 aromatic rings. The van der Waals surface area contributed by atoms with Gasteiger partial charge in [-0.3, -0.25) is 9.88 Å². The lowest BCUT2D eigenvalue weighted by molar-refractivity contribution is 0.210. The fraction of sp³-hybridized carbons (Fsp3) is 0.0968. The van der Waals surface area contributed by atoms with Crippen molar-refractivity contribution in [3.8, 4) is 17.2 Å². The van der Waals surface area contributed by atoms with E-state index in [1.807, 2.05) is 49.4 Å². The predicted octanol–water partition coefficient (Wildman–Crippen LogP) is 7.13. The molecule has 208 valence electrons. The average Bonchev–Trinajstić information content (AvgIpc) is 2.99. The van der Waals surface area contributed by atoms with Crippen LogP contribution >= 0.6 is 7.37 Å². The monoisotopic (exact) mass is 569 g/mol. The summed E-state index contributed by atoms with van der Waals surface area (Å²) in [6.45, 7) is 2.09. The number of carboxylic acid groups (broad SMARTS) is 1. The number of carbonyl (C=O) groups is 1. The van der Waals surface area contributed by atoms with Crippen LogP contribution in [0.3, 0.4) is 0 Å². The minimum absolute atomic E-state index is 0.278. The van der Waals surface area contributed by atoms with Crippen LogP contribution in [0.2, 0.25) is 0 Å². The standard InChI is InChI=1S/C31H28N3O6P/c1-3-39-41(37,23-9-5-4-6-10-23)29-16-13-21(19-28(29)38-2)33-30-20-22(17-18-32-30)40-27-15-14-26(34-31(35)36)24-11-7-8-12-25(24)27/h4-20,34H,3H2,1-2H3,(H,32,33)(H,35,36). The molecule has 1 amide bonds. The van der Waals surface area contributed by atoms with Gasteiger partial charge in [-0.25, -0.2) is 9.78 Å². The molecule has 41 heavy (non-hydrogen) atoms. The maximum atomic E-state index is 14.1. The number of hydrogen-bond acceptors (Lipinski definition) is 7. The van der Waals surface area contributed by atoms with Gasteiger partial charge in [0.15, 0.2) is 0 Å². The summed E-state index contributed by atoms with van der Waals surface area (Å²) < 4.78 is 31.7. The molecule has 0 bridgehead atoms. The van der Waals surface area contributed by atoms with Gasteiger partial charge in [-0.1, -0.05) is 42.5 Å². The van der Waals surface area contributed by atoms with Gasteiger partial charge >= 0.3 is 6.09 Å². The molecule has 1 atom stereocenters. The van der Waals surface area contributed by atoms with Crippen molar-refractivity contribution in [3.63, 3.8) is 0 Å². The van der Waals surface area contributed by atoms with E-state index < -0.39 is 13.5 Å². The molecule has 9 nitrogen and oxygen atoms in total. The lowest BCUT2D eigenvalue weighted by Gasteiger charge is -2.21. The van der Waals surface area contributed by atoms with Gasteiger partial charge in [0.1, 0.15) is 23.1 Å². The third-order valence-corrected chi connectivity index (χ3v) is 8.86. The van der Waals surface area contributed by atoms with Crippen molar-refractivity contribution in [2.24, 2.45) is 0 Å². The van der Waals surface area contributed by atoms with E-state index >= 15 is 0 Å². The summed E-state index contributed by atoms with van der Waals surface area (Å²) in [6.07, 6.45) is 0.476. The summed E-state index contributed by atoms with van der Waals surface area (Å²) >= 11 is 0. The lowest BCUT2D eigenvalue weighted by Crippen LogP contribution is -2.20. The van der Waals surface area contributed by atoms with Crippen molar-refractivity contribution in [1.29, 1.82) is 0 Å². The second-order valence-corrected chi connectivity index (χ2v) is 11.2. The number of aromatic nitrogens is 1. The maximum Gasteiger partial charge on any atom is 0.409 e. The zero-order valence-corrected chi connectivity index (χ0v) is 23.3. The predicted molar refractivity (Wildman–Crippen MR) is 161 cm³/mol. The van der Waals surface area contributed by atoms with E-state index in [0.717, 1.165) is 5.39 Å². The van der Waals surface area contributed by atoms with Gasteiger partial charge in [0.25, 0.3) is 7.37 Å². The van der Waals surface area contributed by atoms with E-state index in [0.29, 0.717) is 50.4 Å². The minimum atomic E-state index is -3.38. The fourth-order valence-corrected chi connectivity index (χ4v) is 6.70. The number of hydrogen-bond donors (Lipinski definition) is 3. The lowest BCUT2D eigenvalue weighted by atomic mass is 10.1. The Morgan fingerprint density at radius 2 is 1.66 bits per heavy atom. The van der Waals surface area contributed by atoms with E-state index in [9.17, 15) is 9.36 Å². The second kappa shape index (κ2) is 12.1. The summed E-state index contributed by atoms with van der Waals surface area (Å²) in [6, 6.07) is 28.6. The molecule has 0 saturated heterocycles. The molecule has 3 N–H and O–H groups in total. The zero-order valence-electron chi connectivity index (χ0n) is 22.4. The number of amides is 1. The first kappa shape index (κ1) is 27.7. The molecule has 4 aromatic carbocycles. The smallest absolute Gasteiger partial charge is 0.409 e. The summed E-state index contributed by atoms with van der Waals surface area (Å²) in [5.41, 5.74) is 1.14. The van der Waals surface area contributed by atoms with Crippen LogP contribution in [0.4, 0.5) is 22.0 Å². The van der Waals surface area contributed by atoms with Crippen molar-refractivity contribution in [2.45, 2.75) is 6.92 Å². The van der Waals surface area contributed by atoms with Crippen LogP contribution in [-0.2, 0) is 9.09 Å². The number of nitrogens with zero attached hydrogens (tertiary/aromatic N) is 1. The Balaban J connectivity index is 1.41. The first-order chi connectivity index (χ1) is 19.9. The zero-order chi connectivity index (χ0) is 28.8. The summed E-state index contributed by atoms with van der Waals surface area (Å²) in [5, 5.41) is 17.4. The molecule has 0 aliphatic carbocycles. The van der Waals surface area contributed by atoms with E-state index in [1.54, 1.807) is 60.8 Å². The summed E-state index contributed by atoms with van der Waals surface area (Å²) in [5.74, 6) is 2.03. The maximum absolute atomic E-state index is 14.1. The molecular weight excluding hydrogens is 541 g/mol. The molecule has 0 aliphatic rings. The van der Waals surface area contributed by atoms with E-state index in [1.165, 1.54) is 7.11 Å². The number of ether oxygens (including phenoxy) is 2. The van der Waals surface area contributed by atoms with Crippen molar-refractivity contribution >= 4 is 52.0 Å². The van der Waals surface area contributed by atoms with Crippen LogP contribution < -0.4 is 30.7 Å². The number of rotatable bonds is 10. The van der Waals surface area contributed by atoms with Crippen LogP contribution in [0.25, 0.3) is 10.8 Å². The van der Waals surface area contributed by atoms with E-state index in [-0.39, 0.29) is 6.61 Å². The Bertz CT molecular complexity index is 1750. The SMILES string of the molecule is CCOP(=O)(c1ccccc1)c1ccc(Nc2cc(Oc3ccc(NC(=O)O)c4ccccc34)ccn2)cc1OC. The van der Waals surface area contributed by atoms with Gasteiger partial charge in [0.05, 0.1) is 24.7 Å². The highest BCUT2D eigenvalue weighted by Crippen LogP contribution is 2.47. The number of pyridine rings is 1. The van der Waals surface area contributed by atoms with E-state index in [4.69, 9.17) is 19.1 Å². The molecular formula is C31H28N3O6P. The molecule has 5 rings (SSSR count). The second-order valence-electron chi connectivity index (χ2n) is 8.88. The molecule has 10 heteroatoms. The summed E-state index contributed by atoms with van der Waals surface area (Å²) in [4.78, 5) is 15.6. The number of anilines is 3. The molecule has 0 saturated carbocycles. The van der Waals surface area contributed by atoms with Crippen LogP contribution in [-0.4, -0.2) is 29.9 Å². The number of fused-ring (bicyclic) bond motifs is 1. The number of benzene rings is 4. The van der Waals surface area contributed by atoms with Gasteiger partial charge in [-0.15, -0.1) is 0 Å². The molecule has 1 aromatic heterocycles. The first-order valence-electron chi connectivity index (χ1n) is 12.8. The highest BCUT2D eigenvalue weighted by molar-refractivity contribution is 7.74. The molecule has 0 aliphatic heterocycles. The fourth-order valence-electron chi connectivity index (χ4n) is 4.49. The van der Waals surface area contributed by atoms with Crippen LogP contribution in [0.15, 0.2) is 103 Å². The average molecular weight is 570 g/mol. The molecule has 0 spiro atoms. The topological polar surface area (TPSA) is 119 Å². The quantitative estimate of drug-likeness (QED) is 0.152. The summed E-state index contributed by atoms with van der Waals surface area (Å²) in [7, 11) is -1.86. The number of nitrogens with one attached hydrogen (secondary N) is 2. The van der Waals surface area contributed by atoms with E-state index in [2.05, 4.69) is 15.6 Å². The van der Waals surface area contributed by atoms with Crippen molar-refractivity contribution < 1.29 is 28.5 Å². The van der Waals surface area contributed by atoms with Gasteiger partial charge < -0.3 is 24.4 Å². The third kappa shape index (κ3) is 6.01. The van der Waals surface area contributed by atoms with Crippen LogP contribution in [0, 0.1) is 0 Å². The van der Waals surface area contributed by atoms with Crippen molar-refractivity contribution in [3.05, 3.63) is 103 Å². The van der Waals surface area contributed by atoms with Gasteiger partial charge in [-0.2, -0.15) is 0 Å². The first-order valence-corrected chi connectivity index (χ1v) is 14.4. The Labute approximate surface area is 237 Å². The van der Waals surface area contributed by atoms with Crippen molar-refractivity contribution in [1.82, 2.24) is 4.98 Å².